The summed E-state index contributed by atoms with van der Waals surface area (Å²) in [6, 6.07) is 1.87. The summed E-state index contributed by atoms with van der Waals surface area (Å²) in [4.78, 5) is 18.5. The van der Waals surface area contributed by atoms with E-state index in [9.17, 15) is 4.79 Å². The zero-order valence-electron chi connectivity index (χ0n) is 7.11. The second-order valence-corrected chi connectivity index (χ2v) is 2.64. The molecular weight excluding hydrogens is 168 g/mol. The van der Waals surface area contributed by atoms with E-state index in [1.807, 2.05) is 13.0 Å². The zero-order chi connectivity index (χ0) is 9.26. The van der Waals surface area contributed by atoms with Gasteiger partial charge >= 0.3 is 5.69 Å². The molecule has 0 bridgehead atoms. The number of hydrogen-bond acceptors (Lipinski definition) is 4. The highest BCUT2D eigenvalue weighted by molar-refractivity contribution is 5.72. The van der Waals surface area contributed by atoms with E-state index < -0.39 is 5.69 Å². The number of aromatic nitrogens is 4. The van der Waals surface area contributed by atoms with Gasteiger partial charge in [-0.3, -0.25) is 0 Å². The third-order valence-corrected chi connectivity index (χ3v) is 1.84. The highest BCUT2D eigenvalue weighted by Gasteiger charge is 2.02. The molecule has 0 atom stereocenters. The van der Waals surface area contributed by atoms with Crippen molar-refractivity contribution in [1.82, 2.24) is 20.2 Å². The van der Waals surface area contributed by atoms with E-state index in [-0.39, 0.29) is 1.43 Å². The molecule has 0 spiro atoms. The molecule has 0 saturated carbocycles. The summed E-state index contributed by atoms with van der Waals surface area (Å²) in [6.07, 6.45) is 2.48. The average Bonchev–Trinajstić information content (AvgIpc) is 2.16. The van der Waals surface area contributed by atoms with Gasteiger partial charge in [0.2, 0.25) is 0 Å². The highest BCUT2D eigenvalue weighted by Crippen LogP contribution is 2.09. The maximum Gasteiger partial charge on any atom is 0.363 e. The highest BCUT2D eigenvalue weighted by atomic mass is 16.1. The fourth-order valence-corrected chi connectivity index (χ4v) is 1.20. The van der Waals surface area contributed by atoms with Crippen LogP contribution in [0.4, 0.5) is 0 Å². The van der Waals surface area contributed by atoms with Crippen LogP contribution in [0.15, 0.2) is 17.1 Å². The van der Waals surface area contributed by atoms with Crippen molar-refractivity contribution in [2.75, 3.05) is 0 Å². The molecule has 13 heavy (non-hydrogen) atoms. The molecule has 5 nitrogen and oxygen atoms in total. The summed E-state index contributed by atoms with van der Waals surface area (Å²) in [5, 5.41) is 6.18. The molecule has 0 aliphatic carbocycles. The van der Waals surface area contributed by atoms with Crippen LogP contribution in [0, 0.1) is 0 Å². The van der Waals surface area contributed by atoms with E-state index in [1.165, 1.54) is 0 Å². The van der Waals surface area contributed by atoms with Crippen LogP contribution in [-0.4, -0.2) is 20.2 Å². The van der Waals surface area contributed by atoms with E-state index in [2.05, 4.69) is 20.2 Å². The number of nitrogens with zero attached hydrogens (tertiary/aromatic N) is 3. The van der Waals surface area contributed by atoms with Gasteiger partial charge in [0.25, 0.3) is 0 Å². The molecule has 0 aromatic carbocycles. The molecule has 0 fully saturated rings. The Morgan fingerprint density at radius 3 is 3.23 bits per heavy atom. The van der Waals surface area contributed by atoms with Crippen molar-refractivity contribution >= 4 is 11.2 Å². The molecule has 0 aliphatic heterocycles. The van der Waals surface area contributed by atoms with Gasteiger partial charge in [-0.25, -0.2) is 14.9 Å². The van der Waals surface area contributed by atoms with Gasteiger partial charge in [-0.1, -0.05) is 6.92 Å². The van der Waals surface area contributed by atoms with Crippen molar-refractivity contribution < 1.29 is 1.43 Å². The van der Waals surface area contributed by atoms with Crippen molar-refractivity contribution in [1.29, 1.82) is 0 Å². The zero-order valence-corrected chi connectivity index (χ0v) is 7.11. The van der Waals surface area contributed by atoms with E-state index in [0.29, 0.717) is 11.2 Å². The van der Waals surface area contributed by atoms with Gasteiger partial charge in [-0.05, 0) is 18.1 Å². The van der Waals surface area contributed by atoms with Crippen LogP contribution in [0.1, 0.15) is 13.9 Å². The minimum Gasteiger partial charge on any atom is -0.244 e. The van der Waals surface area contributed by atoms with E-state index >= 15 is 0 Å². The van der Waals surface area contributed by atoms with Crippen LogP contribution >= 0.6 is 0 Å². The molecule has 68 valence electrons. The van der Waals surface area contributed by atoms with Gasteiger partial charge in [-0.15, -0.1) is 0 Å². The predicted octanol–water partition coefficient (Wildman–Crippen LogP) is 0.521. The Morgan fingerprint density at radius 2 is 2.46 bits per heavy atom. The first-order valence-corrected chi connectivity index (χ1v) is 4.01. The normalized spacial score (nSPS) is 10.5. The third-order valence-electron chi connectivity index (χ3n) is 1.84. The Balaban J connectivity index is 0.000000980. The summed E-state index contributed by atoms with van der Waals surface area (Å²) >= 11 is 0. The lowest BCUT2D eigenvalue weighted by atomic mass is 10.2. The van der Waals surface area contributed by atoms with Gasteiger partial charge in [0.15, 0.2) is 5.65 Å². The van der Waals surface area contributed by atoms with Gasteiger partial charge < -0.3 is 0 Å². The monoisotopic (exact) mass is 178 g/mol. The predicted molar refractivity (Wildman–Crippen MR) is 49.4 cm³/mol. The number of pyridine rings is 1. The number of rotatable bonds is 1. The number of hydrogen-bond donors (Lipinski definition) is 1. The average molecular weight is 178 g/mol. The van der Waals surface area contributed by atoms with Crippen LogP contribution in [0.5, 0.6) is 0 Å². The smallest absolute Gasteiger partial charge is 0.244 e. The van der Waals surface area contributed by atoms with Crippen LogP contribution in [-0.2, 0) is 6.42 Å². The summed E-state index contributed by atoms with van der Waals surface area (Å²) < 4.78 is 0. The van der Waals surface area contributed by atoms with Crippen molar-refractivity contribution in [3.8, 4) is 0 Å². The molecule has 1 N–H and O–H groups in total. The maximum absolute atomic E-state index is 10.8. The molecule has 2 rings (SSSR count). The lowest BCUT2D eigenvalue weighted by molar-refractivity contribution is 0.939. The van der Waals surface area contributed by atoms with Gasteiger partial charge in [0.05, 0.1) is 0 Å². The summed E-state index contributed by atoms with van der Waals surface area (Å²) in [7, 11) is 0. The number of nitrogens with one attached hydrogen (secondary N) is 1. The molecule has 0 radical (unpaired) electrons. The molecule has 0 amide bonds. The lowest BCUT2D eigenvalue weighted by Gasteiger charge is -1.98. The Kier molecular flexibility index (Phi) is 1.77. The van der Waals surface area contributed by atoms with E-state index in [4.69, 9.17) is 0 Å². The SMILES string of the molecule is CCc1ccnc2nc(=O)[nH]nc12.[HH]. The number of H-pyrrole nitrogens is 1. The van der Waals surface area contributed by atoms with Crippen molar-refractivity contribution in [2.45, 2.75) is 13.3 Å². The standard InChI is InChI=1S/C8H8N4O.H2/c1-2-5-3-4-9-7-6(5)11-12-8(13)10-7;/h3-4H,2H2,1H3,(H,9,10,12,13);1H. The van der Waals surface area contributed by atoms with Gasteiger partial charge in [0, 0.05) is 7.62 Å². The second-order valence-electron chi connectivity index (χ2n) is 2.64. The molecule has 0 aliphatic rings. The van der Waals surface area contributed by atoms with Crippen molar-refractivity contribution in [2.24, 2.45) is 0 Å². The number of fused-ring (bicyclic) bond motifs is 1. The summed E-state index contributed by atoms with van der Waals surface area (Å²) in [6.45, 7) is 2.02. The van der Waals surface area contributed by atoms with Gasteiger partial charge in [0.1, 0.15) is 5.52 Å². The van der Waals surface area contributed by atoms with Crippen LogP contribution in [0.3, 0.4) is 0 Å². The fraction of sp³-hybridized carbons (Fsp3) is 0.250. The fourth-order valence-electron chi connectivity index (χ4n) is 1.20. The van der Waals surface area contributed by atoms with E-state index in [1.54, 1.807) is 6.20 Å². The largest absolute Gasteiger partial charge is 0.363 e. The van der Waals surface area contributed by atoms with E-state index in [0.717, 1.165) is 12.0 Å². The molecule has 2 heterocycles. The minimum absolute atomic E-state index is 0. The maximum atomic E-state index is 10.8. The minimum atomic E-state index is -0.465. The first-order valence-electron chi connectivity index (χ1n) is 4.01. The van der Waals surface area contributed by atoms with Crippen LogP contribution in [0.2, 0.25) is 0 Å². The molecule has 2 aromatic rings. The first-order chi connectivity index (χ1) is 6.31. The van der Waals surface area contributed by atoms with Crippen LogP contribution in [0.25, 0.3) is 11.2 Å². The molecule has 0 unspecified atom stereocenters. The van der Waals surface area contributed by atoms with Crippen molar-refractivity contribution in [3.63, 3.8) is 0 Å². The molecular formula is C8H10N4O. The molecule has 0 saturated heterocycles. The quantitative estimate of drug-likeness (QED) is 0.691. The summed E-state index contributed by atoms with van der Waals surface area (Å²) in [5.74, 6) is 0. The lowest BCUT2D eigenvalue weighted by Crippen LogP contribution is -2.13. The third kappa shape index (κ3) is 1.28. The first kappa shape index (κ1) is 7.85. The number of aromatic amines is 1. The Bertz CT molecular complexity index is 496. The number of aryl methyl sites for hydroxylation is 1. The molecule has 5 heteroatoms. The molecule has 2 aromatic heterocycles. The van der Waals surface area contributed by atoms with Crippen molar-refractivity contribution in [3.05, 3.63) is 28.3 Å². The second kappa shape index (κ2) is 2.93. The summed E-state index contributed by atoms with van der Waals surface area (Å²) in [5.41, 5.74) is 1.65. The Hall–Kier alpha value is -1.78. The van der Waals surface area contributed by atoms with Gasteiger partial charge in [-0.2, -0.15) is 10.1 Å². The Labute approximate surface area is 75.3 Å². The van der Waals surface area contributed by atoms with Crippen LogP contribution < -0.4 is 5.69 Å². The Morgan fingerprint density at radius 1 is 1.62 bits per heavy atom. The topological polar surface area (TPSA) is 71.5 Å².